The van der Waals surface area contributed by atoms with Crippen molar-refractivity contribution in [3.05, 3.63) is 30.2 Å². The molecule has 2 aromatic rings. The fourth-order valence-electron chi connectivity index (χ4n) is 3.01. The van der Waals surface area contributed by atoms with Crippen LogP contribution in [0.5, 0.6) is 0 Å². The van der Waals surface area contributed by atoms with E-state index in [-0.39, 0.29) is 17.5 Å². The summed E-state index contributed by atoms with van der Waals surface area (Å²) in [5.41, 5.74) is 0.636. The average Bonchev–Trinajstić information content (AvgIpc) is 3.29. The molecule has 0 saturated heterocycles. The van der Waals surface area contributed by atoms with Crippen LogP contribution < -0.4 is 4.90 Å². The molecular formula is C18H18F3N3O4. The fraction of sp³-hybridized carbons (Fsp3) is 0.444. The minimum absolute atomic E-state index is 0.234. The lowest BCUT2D eigenvalue weighted by Crippen LogP contribution is -2.36. The van der Waals surface area contributed by atoms with E-state index in [4.69, 9.17) is 4.74 Å². The zero-order valence-electron chi connectivity index (χ0n) is 15.2. The molecule has 10 heteroatoms. The number of anilines is 1. The fourth-order valence-corrected chi connectivity index (χ4v) is 3.01. The monoisotopic (exact) mass is 397 g/mol. The Balaban J connectivity index is 1.66. The van der Waals surface area contributed by atoms with Gasteiger partial charge in [-0.25, -0.2) is 4.79 Å². The third-order valence-electron chi connectivity index (χ3n) is 4.58. The van der Waals surface area contributed by atoms with Gasteiger partial charge in [-0.3, -0.25) is 4.79 Å². The van der Waals surface area contributed by atoms with Crippen LogP contribution in [0.15, 0.2) is 28.8 Å². The smallest absolute Gasteiger partial charge is 0.455 e. The van der Waals surface area contributed by atoms with Gasteiger partial charge in [-0.2, -0.15) is 18.2 Å². The summed E-state index contributed by atoms with van der Waals surface area (Å²) in [5.74, 6) is -2.98. The van der Waals surface area contributed by atoms with Gasteiger partial charge < -0.3 is 14.2 Å². The Kier molecular flexibility index (Phi) is 5.39. The number of esters is 1. The second kappa shape index (κ2) is 7.61. The first-order chi connectivity index (χ1) is 13.1. The number of hydrogen-bond donors (Lipinski definition) is 0. The Bertz CT molecular complexity index is 864. The number of likely N-dealkylation sites (N-methyl/N-ethyl adjacent to an activating group) is 1. The summed E-state index contributed by atoms with van der Waals surface area (Å²) in [6.07, 6.45) is -2.54. The molecule has 3 rings (SSSR count). The third-order valence-corrected chi connectivity index (χ3v) is 4.58. The minimum Gasteiger partial charge on any atom is -0.455 e. The van der Waals surface area contributed by atoms with Crippen LogP contribution in [0.2, 0.25) is 0 Å². The van der Waals surface area contributed by atoms with Crippen molar-refractivity contribution in [3.63, 3.8) is 0 Å². The summed E-state index contributed by atoms with van der Waals surface area (Å²) < 4.78 is 47.0. The summed E-state index contributed by atoms with van der Waals surface area (Å²) in [4.78, 5) is 28.7. The first kappa shape index (κ1) is 19.8. The third kappa shape index (κ3) is 4.32. The van der Waals surface area contributed by atoms with E-state index in [9.17, 15) is 22.8 Å². The van der Waals surface area contributed by atoms with Gasteiger partial charge in [0.2, 0.25) is 5.82 Å². The number of nitrogens with zero attached hydrogens (tertiary/aromatic N) is 3. The van der Waals surface area contributed by atoms with Gasteiger partial charge >= 0.3 is 23.9 Å². The quantitative estimate of drug-likeness (QED) is 0.583. The summed E-state index contributed by atoms with van der Waals surface area (Å²) in [6, 6.07) is 5.77. The second-order valence-electron chi connectivity index (χ2n) is 6.78. The Morgan fingerprint density at radius 3 is 2.43 bits per heavy atom. The number of amides is 1. The highest BCUT2D eigenvalue weighted by Crippen LogP contribution is 2.30. The largest absolute Gasteiger partial charge is 0.471 e. The normalized spacial score (nSPS) is 19.5. The van der Waals surface area contributed by atoms with Gasteiger partial charge in [0.15, 0.2) is 0 Å². The van der Waals surface area contributed by atoms with Gasteiger partial charge in [-0.05, 0) is 49.4 Å². The van der Waals surface area contributed by atoms with Crippen LogP contribution in [0.3, 0.4) is 0 Å². The van der Waals surface area contributed by atoms with E-state index in [0.717, 1.165) is 24.2 Å². The predicted octanol–water partition coefficient (Wildman–Crippen LogP) is 3.45. The maximum absolute atomic E-state index is 12.5. The summed E-state index contributed by atoms with van der Waals surface area (Å²) in [6.45, 7) is 2.06. The van der Waals surface area contributed by atoms with Crippen molar-refractivity contribution in [2.45, 2.75) is 38.5 Å². The minimum atomic E-state index is -4.73. The predicted molar refractivity (Wildman–Crippen MR) is 91.0 cm³/mol. The Labute approximate surface area is 158 Å². The molecule has 28 heavy (non-hydrogen) atoms. The molecule has 1 amide bonds. The summed E-state index contributed by atoms with van der Waals surface area (Å²) in [5, 5.41) is 3.29. The molecule has 7 nitrogen and oxygen atoms in total. The molecule has 2 atom stereocenters. The van der Waals surface area contributed by atoms with Crippen LogP contribution in [0.25, 0.3) is 11.4 Å². The van der Waals surface area contributed by atoms with Crippen LogP contribution in [0.1, 0.15) is 32.1 Å². The second-order valence-corrected chi connectivity index (χ2v) is 6.78. The lowest BCUT2D eigenvalue weighted by atomic mass is 10.1. The highest BCUT2D eigenvalue weighted by molar-refractivity contribution is 6.38. The molecule has 1 aliphatic carbocycles. The van der Waals surface area contributed by atoms with Crippen molar-refractivity contribution in [2.24, 2.45) is 5.92 Å². The molecule has 1 fully saturated rings. The molecule has 150 valence electrons. The lowest BCUT2D eigenvalue weighted by molar-refractivity contribution is -0.159. The molecule has 1 aromatic heterocycles. The van der Waals surface area contributed by atoms with Crippen molar-refractivity contribution >= 4 is 17.6 Å². The van der Waals surface area contributed by atoms with Gasteiger partial charge in [0.25, 0.3) is 0 Å². The summed E-state index contributed by atoms with van der Waals surface area (Å²) >= 11 is 0. The van der Waals surface area contributed by atoms with Gasteiger partial charge in [-0.15, -0.1) is 0 Å². The Morgan fingerprint density at radius 1 is 1.21 bits per heavy atom. The molecule has 0 aliphatic heterocycles. The van der Waals surface area contributed by atoms with Gasteiger partial charge in [0.1, 0.15) is 6.10 Å². The zero-order valence-corrected chi connectivity index (χ0v) is 15.2. The van der Waals surface area contributed by atoms with Gasteiger partial charge in [-0.1, -0.05) is 12.1 Å². The topological polar surface area (TPSA) is 85.5 Å². The number of carbonyl (C=O) groups is 2. The Hall–Kier alpha value is -2.91. The number of ether oxygens (including phenoxy) is 1. The van der Waals surface area contributed by atoms with Gasteiger partial charge in [0, 0.05) is 18.3 Å². The van der Waals surface area contributed by atoms with Crippen LogP contribution in [-0.2, 0) is 20.5 Å². The van der Waals surface area contributed by atoms with Gasteiger partial charge in [0.05, 0.1) is 0 Å². The molecule has 1 saturated carbocycles. The maximum Gasteiger partial charge on any atom is 0.471 e. The number of halogens is 3. The number of hydrogen-bond acceptors (Lipinski definition) is 6. The standard InChI is InChI=1S/C18H18F3N3O4/c1-10-3-8-13(9-10)27-16(26)15(25)24(2)12-6-4-11(5-7-12)14-22-17(28-23-14)18(19,20)21/h4-7,10,13H,3,8-9H2,1-2H3. The number of alkyl halides is 3. The van der Waals surface area contributed by atoms with E-state index in [0.29, 0.717) is 11.6 Å². The van der Waals surface area contributed by atoms with E-state index >= 15 is 0 Å². The molecule has 0 spiro atoms. The molecule has 1 aliphatic rings. The van der Waals surface area contributed by atoms with E-state index in [1.165, 1.54) is 31.3 Å². The molecule has 0 radical (unpaired) electrons. The lowest BCUT2D eigenvalue weighted by Gasteiger charge is -2.18. The van der Waals surface area contributed by atoms with Crippen LogP contribution in [0, 0.1) is 5.92 Å². The SMILES string of the molecule is CC1CCC(OC(=O)C(=O)N(C)c2ccc(-c3noc(C(F)(F)F)n3)cc2)C1. The van der Waals surface area contributed by atoms with E-state index < -0.39 is 23.9 Å². The van der Waals surface area contributed by atoms with Crippen molar-refractivity contribution in [3.8, 4) is 11.4 Å². The molecule has 0 bridgehead atoms. The first-order valence-corrected chi connectivity index (χ1v) is 8.65. The zero-order chi connectivity index (χ0) is 20.5. The first-order valence-electron chi connectivity index (χ1n) is 8.65. The maximum atomic E-state index is 12.5. The highest BCUT2D eigenvalue weighted by atomic mass is 19.4. The van der Waals surface area contributed by atoms with Crippen molar-refractivity contribution in [1.29, 1.82) is 0 Å². The van der Waals surface area contributed by atoms with Crippen molar-refractivity contribution < 1.29 is 32.0 Å². The molecule has 0 N–H and O–H groups in total. The number of carbonyl (C=O) groups excluding carboxylic acids is 2. The highest BCUT2D eigenvalue weighted by Gasteiger charge is 2.38. The Morgan fingerprint density at radius 2 is 1.89 bits per heavy atom. The van der Waals surface area contributed by atoms with Crippen LogP contribution in [-0.4, -0.2) is 35.2 Å². The number of aromatic nitrogens is 2. The number of rotatable bonds is 3. The number of benzene rings is 1. The molecule has 1 aromatic carbocycles. The van der Waals surface area contributed by atoms with Crippen molar-refractivity contribution in [2.75, 3.05) is 11.9 Å². The van der Waals surface area contributed by atoms with Crippen molar-refractivity contribution in [1.82, 2.24) is 10.1 Å². The van der Waals surface area contributed by atoms with E-state index in [1.807, 2.05) is 0 Å². The molecule has 1 heterocycles. The molecular weight excluding hydrogens is 379 g/mol. The van der Waals surface area contributed by atoms with Crippen LogP contribution >= 0.6 is 0 Å². The van der Waals surface area contributed by atoms with Crippen LogP contribution in [0.4, 0.5) is 18.9 Å². The van der Waals surface area contributed by atoms with E-state index in [1.54, 1.807) is 0 Å². The van der Waals surface area contributed by atoms with E-state index in [2.05, 4.69) is 21.6 Å². The average molecular weight is 397 g/mol. The molecule has 2 unspecified atom stereocenters. The summed E-state index contributed by atoms with van der Waals surface area (Å²) in [7, 11) is 1.41.